The van der Waals surface area contributed by atoms with Gasteiger partial charge in [-0.05, 0) is 104 Å². The van der Waals surface area contributed by atoms with E-state index in [1.807, 2.05) is 24.9 Å². The van der Waals surface area contributed by atoms with E-state index in [9.17, 15) is 9.28 Å². The Morgan fingerprint density at radius 3 is 2.08 bits per heavy atom. The zero-order valence-electron chi connectivity index (χ0n) is 23.3. The van der Waals surface area contributed by atoms with Crippen LogP contribution >= 0.6 is 8.15 Å². The maximum Gasteiger partial charge on any atom is 0.119 e. The van der Waals surface area contributed by atoms with Crippen molar-refractivity contribution in [2.45, 2.75) is 94.6 Å². The number of rotatable bonds is 7. The molecule has 0 aromatic heterocycles. The van der Waals surface area contributed by atoms with E-state index in [-0.39, 0.29) is 5.41 Å². The Balaban J connectivity index is 0.000000170. The van der Waals surface area contributed by atoms with Crippen LogP contribution in [0, 0.1) is 5.92 Å². The molecule has 2 aromatic rings. The summed E-state index contributed by atoms with van der Waals surface area (Å²) in [5.74, 6) is 3.35. The van der Waals surface area contributed by atoms with E-state index in [1.54, 1.807) is 14.2 Å². The number of hydrogen-bond donors (Lipinski definition) is 1. The second kappa shape index (κ2) is 12.5. The molecular formula is C32H46FO3P. The highest BCUT2D eigenvalue weighted by atomic mass is 31.1. The molecule has 37 heavy (non-hydrogen) atoms. The van der Waals surface area contributed by atoms with Crippen molar-refractivity contribution in [3.8, 4) is 11.5 Å². The smallest absolute Gasteiger partial charge is 0.119 e. The first-order chi connectivity index (χ1) is 17.8. The molecule has 0 aliphatic heterocycles. The second-order valence-corrected chi connectivity index (χ2v) is 13.7. The summed E-state index contributed by atoms with van der Waals surface area (Å²) in [4.78, 5) is 9.17. The van der Waals surface area contributed by atoms with Crippen molar-refractivity contribution < 1.29 is 18.8 Å². The quantitative estimate of drug-likeness (QED) is 0.366. The molecule has 0 spiro atoms. The van der Waals surface area contributed by atoms with Gasteiger partial charge in [-0.15, -0.1) is 0 Å². The number of aryl methyl sites for hydroxylation is 1. The van der Waals surface area contributed by atoms with Gasteiger partial charge in [-0.25, -0.2) is 4.39 Å². The lowest BCUT2D eigenvalue weighted by Gasteiger charge is -2.66. The lowest BCUT2D eigenvalue weighted by atomic mass is 9.39. The van der Waals surface area contributed by atoms with Crippen molar-refractivity contribution in [2.24, 2.45) is 5.92 Å². The van der Waals surface area contributed by atoms with Gasteiger partial charge in [-0.1, -0.05) is 57.2 Å². The molecule has 3 nitrogen and oxygen atoms in total. The highest BCUT2D eigenvalue weighted by molar-refractivity contribution is 7.50. The molecule has 5 aliphatic carbocycles. The molecule has 204 valence electrons. The zero-order valence-corrected chi connectivity index (χ0v) is 24.2. The molecule has 1 N–H and O–H groups in total. The van der Waals surface area contributed by atoms with Crippen LogP contribution in [0.15, 0.2) is 42.5 Å². The first-order valence-electron chi connectivity index (χ1n) is 14.2. The van der Waals surface area contributed by atoms with Crippen molar-refractivity contribution >= 4 is 8.15 Å². The van der Waals surface area contributed by atoms with E-state index in [4.69, 9.17) is 9.47 Å². The van der Waals surface area contributed by atoms with Crippen LogP contribution in [0.25, 0.3) is 0 Å². The van der Waals surface area contributed by atoms with Gasteiger partial charge in [0, 0.05) is 13.6 Å². The fraction of sp³-hybridized carbons (Fsp3) is 0.625. The summed E-state index contributed by atoms with van der Waals surface area (Å²) in [6.07, 6.45) is 13.7. The minimum Gasteiger partial charge on any atom is -0.497 e. The van der Waals surface area contributed by atoms with Gasteiger partial charge in [0.15, 0.2) is 0 Å². The van der Waals surface area contributed by atoms with Crippen LogP contribution in [0.2, 0.25) is 0 Å². The fourth-order valence-electron chi connectivity index (χ4n) is 6.13. The molecule has 0 radical (unpaired) electrons. The van der Waals surface area contributed by atoms with Gasteiger partial charge >= 0.3 is 0 Å². The Labute approximate surface area is 225 Å². The number of hydrogen-bond acceptors (Lipinski definition) is 3. The maximum absolute atomic E-state index is 13.9. The third-order valence-corrected chi connectivity index (χ3v) is 9.33. The van der Waals surface area contributed by atoms with Gasteiger partial charge < -0.3 is 14.4 Å². The number of ether oxygens (including phenoxy) is 2. The molecule has 5 aliphatic rings. The van der Waals surface area contributed by atoms with Gasteiger partial charge in [0.2, 0.25) is 0 Å². The summed E-state index contributed by atoms with van der Waals surface area (Å²) in [5, 5.41) is 0. The number of methoxy groups -OCH3 is 2. The molecule has 2 bridgehead atoms. The minimum atomic E-state index is -0.821. The van der Waals surface area contributed by atoms with Crippen molar-refractivity contribution in [1.82, 2.24) is 0 Å². The Morgan fingerprint density at radius 2 is 1.54 bits per heavy atom. The predicted molar refractivity (Wildman–Crippen MR) is 153 cm³/mol. The number of benzene rings is 2. The van der Waals surface area contributed by atoms with Crippen LogP contribution in [0.3, 0.4) is 0 Å². The number of halogens is 1. The van der Waals surface area contributed by atoms with E-state index in [1.165, 1.54) is 61.6 Å². The standard InChI is InChI=1S/C19H25FO.C10H15O2P.C3H6/c1-13-3-5-14(6-4-13)16-9-15(21-2)7-8-17(16)18-10-19(20,11-18)12-18;1-12-10-5-3-4-9(8-10)6-7-13(2)11;1-2-3-1/h7-9,13-14H,3-6,10-12H2,1-2H3;3-5,8,11H,6-7H2,1-2H3;1-3H2. The average Bonchev–Trinajstić information content (AvgIpc) is 3.76. The van der Waals surface area contributed by atoms with Crippen LogP contribution < -0.4 is 9.47 Å². The third-order valence-electron chi connectivity index (χ3n) is 8.46. The normalized spacial score (nSPS) is 29.7. The van der Waals surface area contributed by atoms with Crippen molar-refractivity contribution in [2.75, 3.05) is 27.0 Å². The van der Waals surface area contributed by atoms with Crippen LogP contribution in [0.5, 0.6) is 11.5 Å². The first kappa shape index (κ1) is 28.4. The molecule has 1 unspecified atom stereocenters. The van der Waals surface area contributed by atoms with E-state index in [0.717, 1.165) is 49.3 Å². The molecule has 0 saturated heterocycles. The molecule has 0 amide bonds. The molecule has 5 fully saturated rings. The van der Waals surface area contributed by atoms with Gasteiger partial charge in [0.05, 0.1) is 14.2 Å². The lowest BCUT2D eigenvalue weighted by molar-refractivity contribution is -0.158. The van der Waals surface area contributed by atoms with Crippen LogP contribution in [0.4, 0.5) is 4.39 Å². The Morgan fingerprint density at radius 1 is 0.919 bits per heavy atom. The highest BCUT2D eigenvalue weighted by Crippen LogP contribution is 2.70. The first-order valence-corrected chi connectivity index (χ1v) is 16.1. The van der Waals surface area contributed by atoms with Gasteiger partial charge in [0.25, 0.3) is 0 Å². The summed E-state index contributed by atoms with van der Waals surface area (Å²) in [5.41, 5.74) is 3.46. The summed E-state index contributed by atoms with van der Waals surface area (Å²) in [6.45, 7) is 4.23. The topological polar surface area (TPSA) is 38.7 Å². The fourth-order valence-corrected chi connectivity index (χ4v) is 6.71. The summed E-state index contributed by atoms with van der Waals surface area (Å²) < 4.78 is 24.5. The monoisotopic (exact) mass is 528 g/mol. The van der Waals surface area contributed by atoms with E-state index in [2.05, 4.69) is 31.2 Å². The maximum atomic E-state index is 13.9. The molecular weight excluding hydrogens is 482 g/mol. The highest BCUT2D eigenvalue weighted by Gasteiger charge is 2.70. The Kier molecular flexibility index (Phi) is 9.57. The largest absolute Gasteiger partial charge is 0.497 e. The number of alkyl halides is 1. The minimum absolute atomic E-state index is 0.166. The SMILES string of the molecule is C1CC1.COc1ccc(C23CC(F)(C2)C3)c(C2CCC(C)CC2)c1.COc1cccc(CCP(C)O)c1. The Hall–Kier alpha value is -1.64. The van der Waals surface area contributed by atoms with Crippen LogP contribution in [-0.2, 0) is 11.8 Å². The van der Waals surface area contributed by atoms with Crippen LogP contribution in [-0.4, -0.2) is 37.6 Å². The van der Waals surface area contributed by atoms with Crippen LogP contribution in [0.1, 0.15) is 93.7 Å². The molecule has 0 heterocycles. The summed E-state index contributed by atoms with van der Waals surface area (Å²) in [6, 6.07) is 14.5. The van der Waals surface area contributed by atoms with Crippen molar-refractivity contribution in [3.63, 3.8) is 0 Å². The molecule has 7 rings (SSSR count). The molecule has 2 aromatic carbocycles. The van der Waals surface area contributed by atoms with E-state index in [0.29, 0.717) is 5.92 Å². The molecule has 1 atom stereocenters. The summed E-state index contributed by atoms with van der Waals surface area (Å²) >= 11 is 0. The Bertz CT molecular complexity index is 990. The summed E-state index contributed by atoms with van der Waals surface area (Å²) in [7, 11) is 2.62. The average molecular weight is 529 g/mol. The molecule has 5 heteroatoms. The third kappa shape index (κ3) is 7.48. The second-order valence-electron chi connectivity index (χ2n) is 11.9. The lowest BCUT2D eigenvalue weighted by Crippen LogP contribution is -2.67. The van der Waals surface area contributed by atoms with E-state index >= 15 is 0 Å². The molecule has 5 saturated carbocycles. The van der Waals surface area contributed by atoms with Gasteiger partial charge in [-0.3, -0.25) is 0 Å². The van der Waals surface area contributed by atoms with Gasteiger partial charge in [-0.2, -0.15) is 0 Å². The van der Waals surface area contributed by atoms with E-state index < -0.39 is 13.8 Å². The van der Waals surface area contributed by atoms with Gasteiger partial charge in [0.1, 0.15) is 17.2 Å². The predicted octanol–water partition coefficient (Wildman–Crippen LogP) is 8.56. The zero-order chi connectivity index (χ0) is 26.5. The van der Waals surface area contributed by atoms with Crippen molar-refractivity contribution in [3.05, 3.63) is 59.2 Å². The van der Waals surface area contributed by atoms with Crippen molar-refractivity contribution in [1.29, 1.82) is 0 Å².